The van der Waals surface area contributed by atoms with Gasteiger partial charge in [0, 0.05) is 0 Å². The molecular weight excluding hydrogens is 419 g/mol. The molecule has 1 radical (unpaired) electrons. The van der Waals surface area contributed by atoms with Crippen LogP contribution in [0.3, 0.4) is 0 Å². The number of hydrogen-bond acceptors (Lipinski definition) is 0. The fourth-order valence-corrected chi connectivity index (χ4v) is 5.18. The molecule has 0 saturated heterocycles. The molecule has 0 nitrogen and oxygen atoms in total. The Morgan fingerprint density at radius 3 is 1.51 bits per heavy atom. The van der Waals surface area contributed by atoms with E-state index in [-0.39, 0.29) is 0 Å². The van der Waals surface area contributed by atoms with Gasteiger partial charge >= 0.3 is 0 Å². The molecule has 0 aliphatic heterocycles. The maximum Gasteiger partial charge on any atom is 0.193 e. The summed E-state index contributed by atoms with van der Waals surface area (Å²) in [6, 6.07) is 43.9. The van der Waals surface area contributed by atoms with E-state index in [0.29, 0.717) is 0 Å². The van der Waals surface area contributed by atoms with Crippen molar-refractivity contribution in [1.29, 1.82) is 0 Å². The SMILES string of the molecule is Cc1cccc([B]c2c3cccc(-c4ccccc4)c3cc3c(-c4ccccc4)cccc23)c1C. The van der Waals surface area contributed by atoms with E-state index in [1.165, 1.54) is 65.9 Å². The van der Waals surface area contributed by atoms with Crippen molar-refractivity contribution >= 4 is 39.8 Å². The minimum atomic E-state index is 1.24. The molecule has 0 bridgehead atoms. The first-order valence-electron chi connectivity index (χ1n) is 12.2. The van der Waals surface area contributed by atoms with Gasteiger partial charge in [-0.25, -0.2) is 0 Å². The molecule has 0 aliphatic carbocycles. The van der Waals surface area contributed by atoms with E-state index < -0.39 is 0 Å². The first kappa shape index (κ1) is 21.4. The fraction of sp³-hybridized carbons (Fsp3) is 0.0588. The maximum absolute atomic E-state index is 2.40. The van der Waals surface area contributed by atoms with Gasteiger partial charge in [-0.2, -0.15) is 0 Å². The first-order valence-corrected chi connectivity index (χ1v) is 12.2. The molecular formula is C34H26B. The lowest BCUT2D eigenvalue weighted by Crippen LogP contribution is -2.30. The average Bonchev–Trinajstić information content (AvgIpc) is 2.91. The Hall–Kier alpha value is -4.10. The highest BCUT2D eigenvalue weighted by Gasteiger charge is 2.16. The molecule has 0 aliphatic rings. The predicted molar refractivity (Wildman–Crippen MR) is 153 cm³/mol. The van der Waals surface area contributed by atoms with Gasteiger partial charge in [0.05, 0.1) is 0 Å². The van der Waals surface area contributed by atoms with Crippen LogP contribution in [0.25, 0.3) is 43.8 Å². The third-order valence-electron chi connectivity index (χ3n) is 7.20. The van der Waals surface area contributed by atoms with Gasteiger partial charge in [0.15, 0.2) is 7.28 Å². The topological polar surface area (TPSA) is 0 Å². The van der Waals surface area contributed by atoms with Gasteiger partial charge in [-0.15, -0.1) is 0 Å². The van der Waals surface area contributed by atoms with Crippen molar-refractivity contribution in [3.63, 3.8) is 0 Å². The Balaban J connectivity index is 1.71. The number of fused-ring (bicyclic) bond motifs is 2. The van der Waals surface area contributed by atoms with Crippen LogP contribution < -0.4 is 10.9 Å². The zero-order chi connectivity index (χ0) is 23.8. The van der Waals surface area contributed by atoms with Crippen molar-refractivity contribution in [2.75, 3.05) is 0 Å². The zero-order valence-electron chi connectivity index (χ0n) is 20.1. The van der Waals surface area contributed by atoms with Crippen LogP contribution in [-0.4, -0.2) is 7.28 Å². The summed E-state index contributed by atoms with van der Waals surface area (Å²) in [7, 11) is 2.39. The Morgan fingerprint density at radius 1 is 0.457 bits per heavy atom. The molecule has 6 rings (SSSR count). The number of aryl methyl sites for hydroxylation is 1. The van der Waals surface area contributed by atoms with Crippen molar-refractivity contribution in [2.45, 2.75) is 13.8 Å². The van der Waals surface area contributed by atoms with Gasteiger partial charge < -0.3 is 0 Å². The Kier molecular flexibility index (Phi) is 5.47. The smallest absolute Gasteiger partial charge is 0.0783 e. The average molecular weight is 445 g/mol. The van der Waals surface area contributed by atoms with Crippen LogP contribution in [0.2, 0.25) is 0 Å². The lowest BCUT2D eigenvalue weighted by atomic mass is 9.59. The van der Waals surface area contributed by atoms with E-state index in [4.69, 9.17) is 0 Å². The standard InChI is InChI=1S/C34H26B/c1-23-12-9-21-33(24(23)2)35-34-29-19-10-17-27(25-13-5-3-6-14-25)31(29)22-32-28(18-11-20-30(32)34)26-15-7-4-8-16-26/h3-22H,1-2H3. The molecule has 6 aromatic carbocycles. The van der Waals surface area contributed by atoms with Gasteiger partial charge in [-0.3, -0.25) is 0 Å². The molecule has 0 unspecified atom stereocenters. The van der Waals surface area contributed by atoms with Gasteiger partial charge in [0.25, 0.3) is 0 Å². The molecule has 0 atom stereocenters. The van der Waals surface area contributed by atoms with Crippen molar-refractivity contribution in [3.8, 4) is 22.3 Å². The van der Waals surface area contributed by atoms with Crippen LogP contribution in [0, 0.1) is 13.8 Å². The van der Waals surface area contributed by atoms with Crippen molar-refractivity contribution in [3.05, 3.63) is 132 Å². The largest absolute Gasteiger partial charge is 0.193 e. The van der Waals surface area contributed by atoms with E-state index in [2.05, 4.69) is 142 Å². The van der Waals surface area contributed by atoms with Crippen LogP contribution in [0.4, 0.5) is 0 Å². The van der Waals surface area contributed by atoms with Crippen molar-refractivity contribution < 1.29 is 0 Å². The lowest BCUT2D eigenvalue weighted by Gasteiger charge is -2.18. The van der Waals surface area contributed by atoms with Crippen molar-refractivity contribution in [2.24, 2.45) is 0 Å². The molecule has 35 heavy (non-hydrogen) atoms. The molecule has 6 aromatic rings. The molecule has 0 saturated carbocycles. The first-order chi connectivity index (χ1) is 17.2. The van der Waals surface area contributed by atoms with E-state index in [1.807, 2.05) is 0 Å². The Morgan fingerprint density at radius 2 is 0.971 bits per heavy atom. The third-order valence-corrected chi connectivity index (χ3v) is 7.20. The summed E-state index contributed by atoms with van der Waals surface area (Å²) in [5.74, 6) is 0. The van der Waals surface area contributed by atoms with Crippen LogP contribution in [-0.2, 0) is 0 Å². The summed E-state index contributed by atoms with van der Waals surface area (Å²) < 4.78 is 0. The highest BCUT2D eigenvalue weighted by Crippen LogP contribution is 2.35. The minimum absolute atomic E-state index is 1.24. The van der Waals surface area contributed by atoms with Gasteiger partial charge in [0.2, 0.25) is 0 Å². The molecule has 0 amide bonds. The second kappa shape index (κ2) is 8.93. The van der Waals surface area contributed by atoms with E-state index in [0.717, 1.165) is 0 Å². The summed E-state index contributed by atoms with van der Waals surface area (Å²) in [4.78, 5) is 0. The van der Waals surface area contributed by atoms with Crippen LogP contribution >= 0.6 is 0 Å². The van der Waals surface area contributed by atoms with Crippen molar-refractivity contribution in [1.82, 2.24) is 0 Å². The minimum Gasteiger partial charge on any atom is -0.0783 e. The molecule has 0 heterocycles. The molecule has 165 valence electrons. The molecule has 0 spiro atoms. The van der Waals surface area contributed by atoms with Gasteiger partial charge in [-0.05, 0) is 69.3 Å². The van der Waals surface area contributed by atoms with Crippen LogP contribution in [0.1, 0.15) is 11.1 Å². The summed E-state index contributed by atoms with van der Waals surface area (Å²) >= 11 is 0. The second-order valence-electron chi connectivity index (χ2n) is 9.26. The summed E-state index contributed by atoms with van der Waals surface area (Å²) in [5, 5.41) is 5.13. The Labute approximate surface area is 208 Å². The molecule has 0 N–H and O–H groups in total. The molecule has 1 heteroatoms. The fourth-order valence-electron chi connectivity index (χ4n) is 5.18. The zero-order valence-corrected chi connectivity index (χ0v) is 20.1. The lowest BCUT2D eigenvalue weighted by molar-refractivity contribution is 1.37. The predicted octanol–water partition coefficient (Wildman–Crippen LogP) is 7.60. The Bertz CT molecular complexity index is 1570. The monoisotopic (exact) mass is 445 g/mol. The normalized spacial score (nSPS) is 11.1. The highest BCUT2D eigenvalue weighted by molar-refractivity contribution is 6.73. The van der Waals surface area contributed by atoms with Gasteiger partial charge in [-0.1, -0.05) is 132 Å². The molecule has 0 fully saturated rings. The quantitative estimate of drug-likeness (QED) is 0.194. The van der Waals surface area contributed by atoms with Crippen LogP contribution in [0.5, 0.6) is 0 Å². The maximum atomic E-state index is 2.40. The van der Waals surface area contributed by atoms with E-state index >= 15 is 0 Å². The van der Waals surface area contributed by atoms with Gasteiger partial charge in [0.1, 0.15) is 0 Å². The number of benzene rings is 6. The third kappa shape index (κ3) is 3.84. The summed E-state index contributed by atoms with van der Waals surface area (Å²) in [5.41, 5.74) is 10.2. The second-order valence-corrected chi connectivity index (χ2v) is 9.26. The van der Waals surface area contributed by atoms with E-state index in [1.54, 1.807) is 0 Å². The van der Waals surface area contributed by atoms with E-state index in [9.17, 15) is 0 Å². The molecule has 0 aromatic heterocycles. The summed E-state index contributed by atoms with van der Waals surface area (Å²) in [6.07, 6.45) is 0. The van der Waals surface area contributed by atoms with Crippen LogP contribution in [0.15, 0.2) is 121 Å². The number of rotatable bonds is 4. The number of hydrogen-bond donors (Lipinski definition) is 0. The highest BCUT2D eigenvalue weighted by atomic mass is 14.1. The summed E-state index contributed by atoms with van der Waals surface area (Å²) in [6.45, 7) is 4.41.